The summed E-state index contributed by atoms with van der Waals surface area (Å²) in [6.07, 6.45) is 0.419. The molecule has 7 nitrogen and oxygen atoms in total. The smallest absolute Gasteiger partial charge is 0.273 e. The highest BCUT2D eigenvalue weighted by Crippen LogP contribution is 2.18. The van der Waals surface area contributed by atoms with Crippen LogP contribution in [0.1, 0.15) is 18.9 Å². The molecule has 0 spiro atoms. The van der Waals surface area contributed by atoms with E-state index in [1.54, 1.807) is 12.1 Å². The van der Waals surface area contributed by atoms with Crippen molar-refractivity contribution in [1.29, 1.82) is 0 Å². The third-order valence-electron chi connectivity index (χ3n) is 2.93. The zero-order valence-corrected chi connectivity index (χ0v) is 11.3. The molecule has 0 aromatic heterocycles. The second-order valence-corrected chi connectivity index (χ2v) is 4.46. The van der Waals surface area contributed by atoms with Crippen LogP contribution in [0.15, 0.2) is 34.5 Å². The summed E-state index contributed by atoms with van der Waals surface area (Å²) in [4.78, 5) is 17.1. The number of amides is 1. The van der Waals surface area contributed by atoms with E-state index < -0.39 is 0 Å². The van der Waals surface area contributed by atoms with Crippen LogP contribution in [0.25, 0.3) is 9.69 Å². The van der Waals surface area contributed by atoms with Crippen molar-refractivity contribution in [2.24, 2.45) is 16.1 Å². The van der Waals surface area contributed by atoms with Crippen molar-refractivity contribution < 1.29 is 4.79 Å². The lowest BCUT2D eigenvalue weighted by molar-refractivity contribution is -0.121. The number of benzene rings is 1. The zero-order valence-electron chi connectivity index (χ0n) is 11.3. The predicted octanol–water partition coefficient (Wildman–Crippen LogP) is 2.07. The topological polar surface area (TPSA) is 74.6 Å². The van der Waals surface area contributed by atoms with E-state index >= 15 is 0 Å². The molecule has 1 atom stereocenters. The maximum absolute atomic E-state index is 11.2. The van der Waals surface area contributed by atoms with Gasteiger partial charge in [0.2, 0.25) is 5.91 Å². The molecule has 7 heteroatoms. The molecule has 2 N–H and O–H groups in total. The number of nitrogens with one attached hydrogen (secondary N) is 2. The summed E-state index contributed by atoms with van der Waals surface area (Å²) in [5.74, 6) is -0.289. The first-order valence-electron chi connectivity index (χ1n) is 6.19. The Morgan fingerprint density at radius 2 is 2.05 bits per heavy atom. The molecule has 1 aliphatic heterocycles. The third kappa shape index (κ3) is 3.43. The van der Waals surface area contributed by atoms with E-state index in [4.69, 9.17) is 13.1 Å². The van der Waals surface area contributed by atoms with Gasteiger partial charge in [0.05, 0.1) is 11.4 Å². The SMILES string of the molecule is [C-]#[N+]C(=NNc1ccc(C2=NNC(=O)C[C@H]2C)cc1)[N+]#[C-]. The molecule has 0 unspecified atom stereocenters. The van der Waals surface area contributed by atoms with Gasteiger partial charge in [-0.05, 0) is 30.8 Å². The molecule has 1 heterocycles. The van der Waals surface area contributed by atoms with Gasteiger partial charge in [0.1, 0.15) is 5.10 Å². The van der Waals surface area contributed by atoms with Gasteiger partial charge < -0.3 is 0 Å². The summed E-state index contributed by atoms with van der Waals surface area (Å²) in [5.41, 5.74) is 7.52. The van der Waals surface area contributed by atoms with Gasteiger partial charge in [0, 0.05) is 12.3 Å². The molecule has 21 heavy (non-hydrogen) atoms. The minimum absolute atomic E-state index is 0.0615. The standard InChI is InChI=1S/C14H12N6O/c1-9-8-12(21)18-19-13(9)10-4-6-11(7-5-10)17-20-14(15-2)16-3/h4-7,9,17H,8H2,1H3,(H,18,21)/t9-/m1/s1. The Hall–Kier alpha value is -3.19. The van der Waals surface area contributed by atoms with Crippen molar-refractivity contribution in [2.75, 3.05) is 5.43 Å². The van der Waals surface area contributed by atoms with Crippen LogP contribution in [0.5, 0.6) is 0 Å². The Morgan fingerprint density at radius 3 is 2.62 bits per heavy atom. The van der Waals surface area contributed by atoms with E-state index in [0.29, 0.717) is 12.1 Å². The first kappa shape index (κ1) is 14.2. The number of nitrogens with zero attached hydrogens (tertiary/aromatic N) is 4. The molecule has 0 bridgehead atoms. The Bertz CT molecular complexity index is 674. The lowest BCUT2D eigenvalue weighted by Crippen LogP contribution is -2.31. The molecule has 1 aromatic rings. The van der Waals surface area contributed by atoms with Crippen LogP contribution >= 0.6 is 0 Å². The van der Waals surface area contributed by atoms with Gasteiger partial charge in [-0.25, -0.2) is 15.1 Å². The van der Waals surface area contributed by atoms with Crippen molar-refractivity contribution in [1.82, 2.24) is 5.43 Å². The zero-order chi connectivity index (χ0) is 15.2. The van der Waals surface area contributed by atoms with Gasteiger partial charge in [0.25, 0.3) is 0 Å². The van der Waals surface area contributed by atoms with Crippen LogP contribution in [0.2, 0.25) is 0 Å². The summed E-state index contributed by atoms with van der Waals surface area (Å²) >= 11 is 0. The van der Waals surface area contributed by atoms with Gasteiger partial charge in [-0.15, -0.1) is 0 Å². The average molecular weight is 280 g/mol. The largest absolute Gasteiger partial charge is 0.657 e. The molecule has 0 saturated carbocycles. The summed E-state index contributed by atoms with van der Waals surface area (Å²) in [7, 11) is 0. The molecule has 2 rings (SSSR count). The molecule has 0 aliphatic carbocycles. The molecule has 1 aromatic carbocycles. The fourth-order valence-corrected chi connectivity index (χ4v) is 1.91. The van der Waals surface area contributed by atoms with Crippen molar-refractivity contribution in [3.8, 4) is 0 Å². The van der Waals surface area contributed by atoms with Gasteiger partial charge in [-0.2, -0.15) is 10.5 Å². The van der Waals surface area contributed by atoms with Gasteiger partial charge in [0.15, 0.2) is 0 Å². The Labute approximate surface area is 122 Å². The molecule has 1 amide bonds. The highest BCUT2D eigenvalue weighted by molar-refractivity contribution is 6.05. The van der Waals surface area contributed by atoms with Crippen LogP contribution in [0, 0.1) is 19.1 Å². The van der Waals surface area contributed by atoms with Crippen molar-refractivity contribution in [3.05, 3.63) is 52.7 Å². The fourth-order valence-electron chi connectivity index (χ4n) is 1.91. The van der Waals surface area contributed by atoms with Crippen LogP contribution in [0.4, 0.5) is 5.69 Å². The summed E-state index contributed by atoms with van der Waals surface area (Å²) in [6, 6.07) is 7.24. The number of hydrogen-bond acceptors (Lipinski definition) is 4. The normalized spacial score (nSPS) is 16.8. The summed E-state index contributed by atoms with van der Waals surface area (Å²) < 4.78 is 0. The van der Waals surface area contributed by atoms with Gasteiger partial charge in [-0.1, -0.05) is 19.1 Å². The van der Waals surface area contributed by atoms with Crippen molar-refractivity contribution in [2.45, 2.75) is 13.3 Å². The van der Waals surface area contributed by atoms with E-state index in [2.05, 4.69) is 30.7 Å². The van der Waals surface area contributed by atoms with Crippen LogP contribution in [-0.2, 0) is 4.79 Å². The number of guanidine groups is 1. The monoisotopic (exact) mass is 280 g/mol. The number of carbonyl (C=O) groups excluding carboxylic acids is 1. The molecule has 0 radical (unpaired) electrons. The van der Waals surface area contributed by atoms with Crippen LogP contribution < -0.4 is 10.9 Å². The van der Waals surface area contributed by atoms with E-state index in [9.17, 15) is 4.79 Å². The minimum atomic E-state index is -0.271. The van der Waals surface area contributed by atoms with Crippen molar-refractivity contribution >= 4 is 23.3 Å². The highest BCUT2D eigenvalue weighted by atomic mass is 16.2. The van der Waals surface area contributed by atoms with Crippen molar-refractivity contribution in [3.63, 3.8) is 0 Å². The molecule has 0 saturated heterocycles. The lowest BCUT2D eigenvalue weighted by Gasteiger charge is -2.19. The van der Waals surface area contributed by atoms with Crippen LogP contribution in [-0.4, -0.2) is 17.6 Å². The van der Waals surface area contributed by atoms with E-state index in [-0.39, 0.29) is 17.8 Å². The minimum Gasteiger partial charge on any atom is -0.273 e. The summed E-state index contributed by atoms with van der Waals surface area (Å²) in [5, 5.41) is 7.75. The van der Waals surface area contributed by atoms with E-state index in [0.717, 1.165) is 11.3 Å². The van der Waals surface area contributed by atoms with E-state index in [1.807, 2.05) is 19.1 Å². The quantitative estimate of drug-likeness (QED) is 0.385. The molecular weight excluding hydrogens is 268 g/mol. The van der Waals surface area contributed by atoms with Gasteiger partial charge >= 0.3 is 5.96 Å². The number of anilines is 1. The van der Waals surface area contributed by atoms with E-state index in [1.165, 1.54) is 0 Å². The lowest BCUT2D eigenvalue weighted by atomic mass is 9.94. The summed E-state index contributed by atoms with van der Waals surface area (Å²) in [6.45, 7) is 15.4. The van der Waals surface area contributed by atoms with Crippen LogP contribution in [0.3, 0.4) is 0 Å². The Balaban J connectivity index is 2.13. The Morgan fingerprint density at radius 1 is 1.38 bits per heavy atom. The number of hydrazone groups is 2. The number of hydrogen-bond donors (Lipinski definition) is 2. The highest BCUT2D eigenvalue weighted by Gasteiger charge is 2.21. The Kier molecular flexibility index (Phi) is 4.27. The first-order valence-corrected chi connectivity index (χ1v) is 6.19. The fraction of sp³-hybridized carbons (Fsp3) is 0.214. The maximum Gasteiger partial charge on any atom is 0.657 e. The third-order valence-corrected chi connectivity index (χ3v) is 2.93. The predicted molar refractivity (Wildman–Crippen MR) is 79.2 cm³/mol. The average Bonchev–Trinajstić information content (AvgIpc) is 2.49. The molecule has 0 fully saturated rings. The molecule has 104 valence electrons. The number of rotatable bonds is 3. The van der Waals surface area contributed by atoms with Gasteiger partial charge in [-0.3, -0.25) is 4.79 Å². The second kappa shape index (κ2) is 6.31. The molecular formula is C14H12N6O. The maximum atomic E-state index is 11.2. The first-order chi connectivity index (χ1) is 10.1. The number of carbonyl (C=O) groups is 1. The second-order valence-electron chi connectivity index (χ2n) is 4.46. The molecule has 1 aliphatic rings.